The highest BCUT2D eigenvalue weighted by molar-refractivity contribution is 14.1. The van der Waals surface area contributed by atoms with E-state index in [2.05, 4.69) is 0 Å². The van der Waals surface area contributed by atoms with E-state index in [-0.39, 0.29) is 5.69 Å². The molecule has 0 aliphatic rings. The molecule has 0 radical (unpaired) electrons. The summed E-state index contributed by atoms with van der Waals surface area (Å²) >= 11 is 1.91. The second kappa shape index (κ2) is 6.02. The van der Waals surface area contributed by atoms with Crippen LogP contribution >= 0.6 is 22.6 Å². The maximum Gasteiger partial charge on any atom is 0.454 e. The monoisotopic (exact) mass is 409 g/mol. The van der Waals surface area contributed by atoms with Gasteiger partial charge < -0.3 is 5.32 Å². The van der Waals surface area contributed by atoms with Crippen molar-refractivity contribution in [3.63, 3.8) is 0 Å². The minimum atomic E-state index is -5.36. The van der Waals surface area contributed by atoms with Gasteiger partial charge in [0.2, 0.25) is 0 Å². The molecule has 20 heavy (non-hydrogen) atoms. The second-order valence-corrected chi connectivity index (χ2v) is 4.80. The van der Waals surface area contributed by atoms with Crippen LogP contribution in [0, 0.1) is 3.57 Å². The molecule has 0 saturated heterocycles. The van der Waals surface area contributed by atoms with Crippen LogP contribution in [0.25, 0.3) is 0 Å². The molecule has 0 fully saturated rings. The topological polar surface area (TPSA) is 29.1 Å². The van der Waals surface area contributed by atoms with Gasteiger partial charge in [-0.3, -0.25) is 4.79 Å². The molecule has 0 heterocycles. The lowest BCUT2D eigenvalue weighted by Gasteiger charge is -2.14. The maximum absolute atomic E-state index is 12.6. The molecule has 0 bridgehead atoms. The number of alkyl halides is 6. The fraction of sp³-hybridized carbons (Fsp3) is 0.182. The van der Waals surface area contributed by atoms with Crippen molar-refractivity contribution in [3.8, 4) is 0 Å². The molecule has 1 rings (SSSR count). The number of carbonyl (C=O) groups excluding carboxylic acids is 1. The molecule has 0 unspecified atom stereocenters. The van der Waals surface area contributed by atoms with Gasteiger partial charge in [0, 0.05) is 15.3 Å². The fourth-order valence-electron chi connectivity index (χ4n) is 1.09. The number of anilines is 1. The summed E-state index contributed by atoms with van der Waals surface area (Å²) in [5, 5.41) is 1.76. The van der Waals surface area contributed by atoms with E-state index in [1.54, 1.807) is 5.32 Å². The lowest BCUT2D eigenvalue weighted by molar-refractivity contribution is -0.165. The van der Waals surface area contributed by atoms with Crippen molar-refractivity contribution in [2.24, 2.45) is 0 Å². The van der Waals surface area contributed by atoms with Gasteiger partial charge in [-0.1, -0.05) is 0 Å². The average Bonchev–Trinajstić information content (AvgIpc) is 2.28. The minimum Gasteiger partial charge on any atom is -0.351 e. The van der Waals surface area contributed by atoms with Crippen molar-refractivity contribution in [2.45, 2.75) is 12.4 Å². The molecular formula is C11H6F6INO. The van der Waals surface area contributed by atoms with Gasteiger partial charge in [-0.15, -0.1) is 0 Å². The Bertz CT molecular complexity index is 517. The van der Waals surface area contributed by atoms with Gasteiger partial charge in [0.1, 0.15) is 5.70 Å². The molecule has 0 aliphatic carbocycles. The van der Waals surface area contributed by atoms with E-state index in [4.69, 9.17) is 0 Å². The van der Waals surface area contributed by atoms with E-state index in [1.165, 1.54) is 24.3 Å². The number of allylic oxidation sites excluding steroid dienone is 2. The molecule has 0 atom stereocenters. The smallest absolute Gasteiger partial charge is 0.351 e. The van der Waals surface area contributed by atoms with Crippen LogP contribution < -0.4 is 5.32 Å². The lowest BCUT2D eigenvalue weighted by atomic mass is 10.2. The maximum atomic E-state index is 12.6. The van der Waals surface area contributed by atoms with Gasteiger partial charge in [-0.05, 0) is 46.9 Å². The van der Waals surface area contributed by atoms with Crippen LogP contribution in [0.2, 0.25) is 0 Å². The summed E-state index contributed by atoms with van der Waals surface area (Å²) in [5.41, 5.74) is -1.86. The molecule has 1 N–H and O–H groups in total. The second-order valence-electron chi connectivity index (χ2n) is 3.55. The SMILES string of the molecule is O=C(/C=C(/Nc1ccc(I)cc1)C(F)(F)F)C(F)(F)F. The first-order chi connectivity index (χ1) is 9.00. The number of halogens is 7. The number of carbonyl (C=O) groups is 1. The molecule has 0 saturated carbocycles. The van der Waals surface area contributed by atoms with Gasteiger partial charge >= 0.3 is 12.4 Å². The van der Waals surface area contributed by atoms with Gasteiger partial charge in [0.15, 0.2) is 0 Å². The molecule has 0 spiro atoms. The van der Waals surface area contributed by atoms with Gasteiger partial charge in [0.25, 0.3) is 5.78 Å². The number of hydrogen-bond donors (Lipinski definition) is 1. The molecular weight excluding hydrogens is 403 g/mol. The first kappa shape index (κ1) is 16.8. The Kier molecular flexibility index (Phi) is 5.05. The van der Waals surface area contributed by atoms with Crippen LogP contribution in [0.3, 0.4) is 0 Å². The first-order valence-corrected chi connectivity index (χ1v) is 6.00. The van der Waals surface area contributed by atoms with Crippen molar-refractivity contribution in [1.29, 1.82) is 0 Å². The zero-order chi connectivity index (χ0) is 15.6. The van der Waals surface area contributed by atoms with Crippen molar-refractivity contribution in [1.82, 2.24) is 0 Å². The molecule has 0 aromatic heterocycles. The number of nitrogens with one attached hydrogen (secondary N) is 1. The van der Waals surface area contributed by atoms with Crippen LogP contribution in [0.4, 0.5) is 32.0 Å². The summed E-state index contributed by atoms with van der Waals surface area (Å²) in [4.78, 5) is 10.6. The summed E-state index contributed by atoms with van der Waals surface area (Å²) in [7, 11) is 0. The van der Waals surface area contributed by atoms with Gasteiger partial charge in [0.05, 0.1) is 0 Å². The van der Waals surface area contributed by atoms with Crippen LogP contribution in [-0.2, 0) is 4.79 Å². The molecule has 9 heteroatoms. The summed E-state index contributed by atoms with van der Waals surface area (Å²) in [6, 6.07) is 5.42. The first-order valence-electron chi connectivity index (χ1n) is 4.93. The highest BCUT2D eigenvalue weighted by atomic mass is 127. The summed E-state index contributed by atoms with van der Waals surface area (Å²) < 4.78 is 74.5. The molecule has 0 aliphatic heterocycles. The number of rotatable bonds is 3. The Balaban J connectivity index is 3.06. The van der Waals surface area contributed by atoms with Crippen LogP contribution in [0.1, 0.15) is 0 Å². The fourth-order valence-corrected chi connectivity index (χ4v) is 1.45. The predicted octanol–water partition coefficient (Wildman–Crippen LogP) is 4.28. The molecule has 0 amide bonds. The number of benzene rings is 1. The van der Waals surface area contributed by atoms with E-state index in [0.717, 1.165) is 3.57 Å². The summed E-state index contributed by atoms with van der Waals surface area (Å²) in [6.45, 7) is 0. The van der Waals surface area contributed by atoms with Crippen LogP contribution in [0.15, 0.2) is 36.0 Å². The van der Waals surface area contributed by atoms with E-state index in [1.807, 2.05) is 22.6 Å². The Hall–Kier alpha value is -1.26. The molecule has 110 valence electrons. The lowest BCUT2D eigenvalue weighted by Crippen LogP contribution is -2.26. The third-order valence-electron chi connectivity index (χ3n) is 1.98. The number of ketones is 1. The zero-order valence-corrected chi connectivity index (χ0v) is 11.6. The normalized spacial score (nSPS) is 13.2. The third kappa shape index (κ3) is 5.02. The third-order valence-corrected chi connectivity index (χ3v) is 2.70. The molecule has 2 nitrogen and oxygen atoms in total. The van der Waals surface area contributed by atoms with Crippen LogP contribution in [0.5, 0.6) is 0 Å². The molecule has 1 aromatic rings. The standard InChI is InChI=1S/C11H6F6INO/c12-10(13,14)8(5-9(20)11(15,16)17)19-7-3-1-6(18)2-4-7/h1-5,19H/b8-5+. The van der Waals surface area contributed by atoms with Crippen molar-refractivity contribution in [3.05, 3.63) is 39.6 Å². The van der Waals surface area contributed by atoms with Crippen LogP contribution in [-0.4, -0.2) is 18.1 Å². The van der Waals surface area contributed by atoms with E-state index < -0.39 is 29.9 Å². The van der Waals surface area contributed by atoms with Crippen molar-refractivity contribution < 1.29 is 31.1 Å². The highest BCUT2D eigenvalue weighted by Gasteiger charge is 2.41. The molecule has 1 aromatic carbocycles. The largest absolute Gasteiger partial charge is 0.454 e. The average molecular weight is 409 g/mol. The van der Waals surface area contributed by atoms with Gasteiger partial charge in [-0.2, -0.15) is 26.3 Å². The number of hydrogen-bond acceptors (Lipinski definition) is 2. The van der Waals surface area contributed by atoms with Crippen molar-refractivity contribution >= 4 is 34.1 Å². The Labute approximate surface area is 123 Å². The van der Waals surface area contributed by atoms with E-state index in [9.17, 15) is 31.1 Å². The predicted molar refractivity (Wildman–Crippen MR) is 68.0 cm³/mol. The summed E-state index contributed by atoms with van der Waals surface area (Å²) in [5.74, 6) is -2.58. The zero-order valence-electron chi connectivity index (χ0n) is 9.44. The Morgan fingerprint density at radius 1 is 1.00 bits per heavy atom. The van der Waals surface area contributed by atoms with E-state index in [0.29, 0.717) is 0 Å². The Morgan fingerprint density at radius 2 is 1.50 bits per heavy atom. The van der Waals surface area contributed by atoms with Gasteiger partial charge in [-0.25, -0.2) is 0 Å². The minimum absolute atomic E-state index is 0.0797. The van der Waals surface area contributed by atoms with Crippen molar-refractivity contribution in [2.75, 3.05) is 5.32 Å². The summed E-state index contributed by atoms with van der Waals surface area (Å²) in [6.07, 6.45) is -11.0. The Morgan fingerprint density at radius 3 is 1.90 bits per heavy atom. The van der Waals surface area contributed by atoms with E-state index >= 15 is 0 Å². The quantitative estimate of drug-likeness (QED) is 0.459. The highest BCUT2D eigenvalue weighted by Crippen LogP contribution is 2.29.